The fraction of sp³-hybridized carbons (Fsp3) is 0.545. The number of nitrogen functional groups attached to an aromatic ring is 1. The summed E-state index contributed by atoms with van der Waals surface area (Å²) in [7, 11) is 0. The van der Waals surface area contributed by atoms with Crippen LogP contribution in [-0.4, -0.2) is 28.5 Å². The average Bonchev–Trinajstić information content (AvgIpc) is 2.77. The summed E-state index contributed by atoms with van der Waals surface area (Å²) in [6.07, 6.45) is 0.913. The highest BCUT2D eigenvalue weighted by atomic mass is 32.1. The molecule has 0 spiro atoms. The largest absolute Gasteiger partial charge is 0.481 e. The molecule has 7 heteroatoms. The van der Waals surface area contributed by atoms with Crippen molar-refractivity contribution in [2.45, 2.75) is 26.7 Å². The van der Waals surface area contributed by atoms with Crippen LogP contribution < -0.4 is 11.1 Å². The summed E-state index contributed by atoms with van der Waals surface area (Å²) < 4.78 is 0. The van der Waals surface area contributed by atoms with E-state index in [1.165, 1.54) is 11.3 Å². The maximum atomic E-state index is 11.7. The minimum Gasteiger partial charge on any atom is -0.481 e. The van der Waals surface area contributed by atoms with E-state index in [9.17, 15) is 14.7 Å². The number of hydrogen-bond acceptors (Lipinski definition) is 5. The molecule has 1 aromatic rings. The van der Waals surface area contributed by atoms with Crippen molar-refractivity contribution < 1.29 is 14.7 Å². The van der Waals surface area contributed by atoms with Crippen LogP contribution in [0, 0.1) is 5.41 Å². The van der Waals surface area contributed by atoms with Crippen LogP contribution in [0.1, 0.15) is 37.2 Å². The molecular weight excluding hydrogens is 254 g/mol. The number of carbonyl (C=O) groups is 2. The molecule has 0 saturated carbocycles. The zero-order chi connectivity index (χ0) is 13.8. The number of aliphatic carboxylic acids is 1. The second-order valence-electron chi connectivity index (χ2n) is 4.05. The summed E-state index contributed by atoms with van der Waals surface area (Å²) in [5.74, 6) is -1.29. The highest BCUT2D eigenvalue weighted by Gasteiger charge is 2.35. The van der Waals surface area contributed by atoms with Crippen molar-refractivity contribution in [1.29, 1.82) is 0 Å². The predicted octanol–water partition coefficient (Wildman–Crippen LogP) is 1.35. The fourth-order valence-corrected chi connectivity index (χ4v) is 2.15. The van der Waals surface area contributed by atoms with Crippen molar-refractivity contribution in [3.8, 4) is 0 Å². The van der Waals surface area contributed by atoms with Gasteiger partial charge in [0.1, 0.15) is 5.69 Å². The minimum absolute atomic E-state index is 0.0889. The monoisotopic (exact) mass is 271 g/mol. The van der Waals surface area contributed by atoms with Crippen LogP contribution in [0.4, 0.5) is 5.13 Å². The number of thiazole rings is 1. The molecule has 0 saturated heterocycles. The van der Waals surface area contributed by atoms with Crippen LogP contribution in [0.5, 0.6) is 0 Å². The van der Waals surface area contributed by atoms with E-state index in [-0.39, 0.29) is 12.2 Å². The highest BCUT2D eigenvalue weighted by Crippen LogP contribution is 2.25. The zero-order valence-corrected chi connectivity index (χ0v) is 11.2. The van der Waals surface area contributed by atoms with E-state index in [1.54, 1.807) is 19.2 Å². The van der Waals surface area contributed by atoms with Crippen molar-refractivity contribution in [3.05, 3.63) is 11.1 Å². The Labute approximate surface area is 109 Å². The molecular formula is C11H17N3O3S. The first-order valence-electron chi connectivity index (χ1n) is 5.67. The smallest absolute Gasteiger partial charge is 0.311 e. The molecule has 1 heterocycles. The lowest BCUT2D eigenvalue weighted by molar-refractivity contribution is -0.149. The Balaban J connectivity index is 2.69. The number of carboxylic acid groups (broad SMARTS) is 1. The van der Waals surface area contributed by atoms with E-state index in [0.29, 0.717) is 18.0 Å². The number of carboxylic acids is 1. The molecule has 1 aromatic heterocycles. The van der Waals surface area contributed by atoms with Gasteiger partial charge in [-0.3, -0.25) is 9.59 Å². The Bertz CT molecular complexity index is 440. The predicted molar refractivity (Wildman–Crippen MR) is 69.5 cm³/mol. The van der Waals surface area contributed by atoms with Gasteiger partial charge in [0.25, 0.3) is 5.91 Å². The van der Waals surface area contributed by atoms with Crippen LogP contribution in [0.25, 0.3) is 0 Å². The van der Waals surface area contributed by atoms with Crippen LogP contribution in [-0.2, 0) is 4.79 Å². The quantitative estimate of drug-likeness (QED) is 0.724. The molecule has 18 heavy (non-hydrogen) atoms. The molecule has 1 rings (SSSR count). The van der Waals surface area contributed by atoms with Gasteiger partial charge in [0.15, 0.2) is 5.13 Å². The molecule has 4 N–H and O–H groups in total. The molecule has 6 nitrogen and oxygen atoms in total. The molecule has 0 atom stereocenters. The summed E-state index contributed by atoms with van der Waals surface area (Å²) in [5.41, 5.74) is 4.74. The fourth-order valence-electron chi connectivity index (χ4n) is 1.61. The Morgan fingerprint density at radius 2 is 2.11 bits per heavy atom. The summed E-state index contributed by atoms with van der Waals surface area (Å²) in [5, 5.41) is 13.7. The van der Waals surface area contributed by atoms with Crippen LogP contribution in [0.2, 0.25) is 0 Å². The molecule has 0 bridgehead atoms. The van der Waals surface area contributed by atoms with Crippen molar-refractivity contribution in [2.24, 2.45) is 5.41 Å². The third kappa shape index (κ3) is 2.98. The minimum atomic E-state index is -0.919. The average molecular weight is 271 g/mol. The highest BCUT2D eigenvalue weighted by molar-refractivity contribution is 7.13. The number of nitrogens with one attached hydrogen (secondary N) is 1. The number of carbonyl (C=O) groups excluding carboxylic acids is 1. The maximum absolute atomic E-state index is 11.7. The zero-order valence-electron chi connectivity index (χ0n) is 10.4. The van der Waals surface area contributed by atoms with Gasteiger partial charge in [-0.25, -0.2) is 4.98 Å². The van der Waals surface area contributed by atoms with Gasteiger partial charge in [0.2, 0.25) is 0 Å². The van der Waals surface area contributed by atoms with Gasteiger partial charge in [-0.1, -0.05) is 13.8 Å². The summed E-state index contributed by atoms with van der Waals surface area (Å²) in [4.78, 5) is 26.8. The number of anilines is 1. The van der Waals surface area contributed by atoms with Gasteiger partial charge in [-0.05, 0) is 12.8 Å². The second kappa shape index (κ2) is 5.81. The lowest BCUT2D eigenvalue weighted by Crippen LogP contribution is -2.42. The Morgan fingerprint density at radius 3 is 2.50 bits per heavy atom. The summed E-state index contributed by atoms with van der Waals surface area (Å²) >= 11 is 1.17. The van der Waals surface area contributed by atoms with Gasteiger partial charge >= 0.3 is 5.97 Å². The van der Waals surface area contributed by atoms with Gasteiger partial charge in [-0.15, -0.1) is 11.3 Å². The van der Waals surface area contributed by atoms with E-state index in [0.717, 1.165) is 0 Å². The SMILES string of the molecule is CCC(CC)(CNC(=O)c1csc(N)n1)C(=O)O. The molecule has 0 aromatic carbocycles. The molecule has 0 unspecified atom stereocenters. The molecule has 100 valence electrons. The van der Waals surface area contributed by atoms with Gasteiger partial charge in [0, 0.05) is 11.9 Å². The number of nitrogens with two attached hydrogens (primary N) is 1. The number of amides is 1. The molecule has 0 aliphatic heterocycles. The molecule has 0 aliphatic rings. The van der Waals surface area contributed by atoms with Crippen molar-refractivity contribution in [1.82, 2.24) is 10.3 Å². The van der Waals surface area contributed by atoms with E-state index in [4.69, 9.17) is 5.73 Å². The Morgan fingerprint density at radius 1 is 1.50 bits per heavy atom. The van der Waals surface area contributed by atoms with Gasteiger partial charge < -0.3 is 16.2 Å². The molecule has 0 radical (unpaired) electrons. The first-order chi connectivity index (χ1) is 8.45. The summed E-state index contributed by atoms with van der Waals surface area (Å²) in [6, 6.07) is 0. The lowest BCUT2D eigenvalue weighted by Gasteiger charge is -2.26. The summed E-state index contributed by atoms with van der Waals surface area (Å²) in [6.45, 7) is 3.68. The number of hydrogen-bond donors (Lipinski definition) is 3. The molecule has 0 fully saturated rings. The van der Waals surface area contributed by atoms with Crippen molar-refractivity contribution >= 4 is 28.3 Å². The van der Waals surface area contributed by atoms with E-state index >= 15 is 0 Å². The third-order valence-corrected chi connectivity index (χ3v) is 3.82. The second-order valence-corrected chi connectivity index (χ2v) is 4.94. The lowest BCUT2D eigenvalue weighted by atomic mass is 9.82. The number of nitrogens with zero attached hydrogens (tertiary/aromatic N) is 1. The van der Waals surface area contributed by atoms with E-state index < -0.39 is 17.3 Å². The first-order valence-corrected chi connectivity index (χ1v) is 6.55. The normalized spacial score (nSPS) is 11.2. The van der Waals surface area contributed by atoms with E-state index in [2.05, 4.69) is 10.3 Å². The standard InChI is InChI=1S/C11H17N3O3S/c1-3-11(4-2,9(16)17)6-13-8(15)7-5-18-10(12)14-7/h5H,3-4,6H2,1-2H3,(H2,12,14)(H,13,15)(H,16,17). The number of aromatic nitrogens is 1. The Hall–Kier alpha value is -1.63. The third-order valence-electron chi connectivity index (χ3n) is 3.15. The van der Waals surface area contributed by atoms with Crippen molar-refractivity contribution in [3.63, 3.8) is 0 Å². The van der Waals surface area contributed by atoms with E-state index in [1.807, 2.05) is 0 Å². The van der Waals surface area contributed by atoms with Crippen LogP contribution >= 0.6 is 11.3 Å². The van der Waals surface area contributed by atoms with Crippen LogP contribution in [0.3, 0.4) is 0 Å². The molecule has 0 aliphatic carbocycles. The maximum Gasteiger partial charge on any atom is 0.311 e. The van der Waals surface area contributed by atoms with Crippen molar-refractivity contribution in [2.75, 3.05) is 12.3 Å². The Kier molecular flexibility index (Phi) is 4.66. The van der Waals surface area contributed by atoms with Gasteiger partial charge in [-0.2, -0.15) is 0 Å². The topological polar surface area (TPSA) is 105 Å². The molecule has 1 amide bonds. The van der Waals surface area contributed by atoms with Crippen LogP contribution in [0.15, 0.2) is 5.38 Å². The number of rotatable bonds is 6. The van der Waals surface area contributed by atoms with Gasteiger partial charge in [0.05, 0.1) is 5.41 Å². The first kappa shape index (κ1) is 14.4.